The lowest BCUT2D eigenvalue weighted by Gasteiger charge is -2.17. The van der Waals surface area contributed by atoms with Crippen LogP contribution >= 0.6 is 0 Å². The lowest BCUT2D eigenvalue weighted by atomic mass is 10.1. The van der Waals surface area contributed by atoms with Crippen molar-refractivity contribution in [2.24, 2.45) is 0 Å². The molecule has 1 N–H and O–H groups in total. The van der Waals surface area contributed by atoms with Crippen molar-refractivity contribution in [2.45, 2.75) is 33.2 Å². The molecule has 0 aliphatic heterocycles. The number of rotatable bonds is 4. The largest absolute Gasteiger partial charge is 0.469 e. The lowest BCUT2D eigenvalue weighted by molar-refractivity contribution is 0.497. The van der Waals surface area contributed by atoms with E-state index in [0.29, 0.717) is 6.04 Å². The molecule has 0 saturated heterocycles. The zero-order chi connectivity index (χ0) is 12.3. The van der Waals surface area contributed by atoms with Crippen LogP contribution in [0, 0.1) is 13.8 Å². The van der Waals surface area contributed by atoms with Gasteiger partial charge in [-0.05, 0) is 44.5 Å². The molecule has 2 rings (SSSR count). The molecule has 0 aromatic carbocycles. The summed E-state index contributed by atoms with van der Waals surface area (Å²) in [6.07, 6.45) is 4.43. The molecule has 1 unspecified atom stereocenters. The standard InChI is InChI=1S/C14H18N2O/c1-10-6-7-15-12(3)14(10)16-11(2)9-13-5-4-8-17-13/h4-8,11,16H,9H2,1-3H3. The molecule has 90 valence electrons. The highest BCUT2D eigenvalue weighted by molar-refractivity contribution is 5.54. The fraction of sp³-hybridized carbons (Fsp3) is 0.357. The maximum atomic E-state index is 5.35. The molecule has 0 radical (unpaired) electrons. The summed E-state index contributed by atoms with van der Waals surface area (Å²) >= 11 is 0. The molecule has 0 aliphatic rings. The van der Waals surface area contributed by atoms with Gasteiger partial charge in [0.25, 0.3) is 0 Å². The summed E-state index contributed by atoms with van der Waals surface area (Å²) in [6, 6.07) is 6.27. The van der Waals surface area contributed by atoms with Crippen molar-refractivity contribution in [1.82, 2.24) is 4.98 Å². The first kappa shape index (κ1) is 11.7. The van der Waals surface area contributed by atoms with Crippen LogP contribution in [0.4, 0.5) is 5.69 Å². The molecule has 2 aromatic rings. The van der Waals surface area contributed by atoms with E-state index in [1.165, 1.54) is 5.56 Å². The predicted octanol–water partition coefficient (Wildman–Crippen LogP) is 3.33. The van der Waals surface area contributed by atoms with Gasteiger partial charge in [-0.1, -0.05) is 0 Å². The Kier molecular flexibility index (Phi) is 3.47. The van der Waals surface area contributed by atoms with Gasteiger partial charge in [-0.15, -0.1) is 0 Å². The Morgan fingerprint density at radius 1 is 1.35 bits per heavy atom. The molecule has 1 atom stereocenters. The molecule has 2 heterocycles. The van der Waals surface area contributed by atoms with E-state index in [9.17, 15) is 0 Å². The summed E-state index contributed by atoms with van der Waals surface area (Å²) < 4.78 is 5.35. The molecule has 3 nitrogen and oxygen atoms in total. The van der Waals surface area contributed by atoms with Crippen molar-refractivity contribution >= 4 is 5.69 Å². The highest BCUT2D eigenvalue weighted by Crippen LogP contribution is 2.19. The van der Waals surface area contributed by atoms with Crippen molar-refractivity contribution < 1.29 is 4.42 Å². The van der Waals surface area contributed by atoms with Gasteiger partial charge in [0.05, 0.1) is 17.6 Å². The van der Waals surface area contributed by atoms with Crippen LogP contribution in [0.2, 0.25) is 0 Å². The Hall–Kier alpha value is -1.77. The fourth-order valence-corrected chi connectivity index (χ4v) is 1.94. The number of hydrogen-bond donors (Lipinski definition) is 1. The Bertz CT molecular complexity index is 457. The molecule has 17 heavy (non-hydrogen) atoms. The number of furan rings is 1. The maximum Gasteiger partial charge on any atom is 0.105 e. The monoisotopic (exact) mass is 230 g/mol. The van der Waals surface area contributed by atoms with Gasteiger partial charge in [-0.3, -0.25) is 4.98 Å². The number of anilines is 1. The van der Waals surface area contributed by atoms with Crippen LogP contribution in [0.15, 0.2) is 35.1 Å². The quantitative estimate of drug-likeness (QED) is 0.875. The number of pyridine rings is 1. The van der Waals surface area contributed by atoms with Gasteiger partial charge < -0.3 is 9.73 Å². The maximum absolute atomic E-state index is 5.35. The molecular weight excluding hydrogens is 212 g/mol. The van der Waals surface area contributed by atoms with E-state index < -0.39 is 0 Å². The Labute approximate surface area is 102 Å². The van der Waals surface area contributed by atoms with Crippen molar-refractivity contribution in [3.05, 3.63) is 47.7 Å². The number of aryl methyl sites for hydroxylation is 2. The third-order valence-corrected chi connectivity index (χ3v) is 2.83. The SMILES string of the molecule is Cc1ccnc(C)c1NC(C)Cc1ccco1. The second-order valence-electron chi connectivity index (χ2n) is 4.42. The minimum absolute atomic E-state index is 0.322. The first-order valence-corrected chi connectivity index (χ1v) is 5.88. The van der Waals surface area contributed by atoms with E-state index >= 15 is 0 Å². The van der Waals surface area contributed by atoms with Crippen molar-refractivity contribution in [3.63, 3.8) is 0 Å². The summed E-state index contributed by atoms with van der Waals surface area (Å²) in [5.41, 5.74) is 3.40. The number of aromatic nitrogens is 1. The van der Waals surface area contributed by atoms with Gasteiger partial charge >= 0.3 is 0 Å². The first-order chi connectivity index (χ1) is 8.16. The number of nitrogens with zero attached hydrogens (tertiary/aromatic N) is 1. The van der Waals surface area contributed by atoms with Gasteiger partial charge in [-0.25, -0.2) is 0 Å². The zero-order valence-corrected chi connectivity index (χ0v) is 10.5. The van der Waals surface area contributed by atoms with Crippen LogP contribution in [-0.4, -0.2) is 11.0 Å². The average Bonchev–Trinajstić information content (AvgIpc) is 2.76. The molecule has 0 aliphatic carbocycles. The highest BCUT2D eigenvalue weighted by Gasteiger charge is 2.09. The zero-order valence-electron chi connectivity index (χ0n) is 10.5. The van der Waals surface area contributed by atoms with E-state index in [2.05, 4.69) is 24.1 Å². The van der Waals surface area contributed by atoms with E-state index in [-0.39, 0.29) is 0 Å². The van der Waals surface area contributed by atoms with Crippen LogP contribution in [-0.2, 0) is 6.42 Å². The highest BCUT2D eigenvalue weighted by atomic mass is 16.3. The second-order valence-corrected chi connectivity index (χ2v) is 4.42. The smallest absolute Gasteiger partial charge is 0.105 e. The van der Waals surface area contributed by atoms with Crippen LogP contribution < -0.4 is 5.32 Å². The topological polar surface area (TPSA) is 38.1 Å². The minimum atomic E-state index is 0.322. The Morgan fingerprint density at radius 3 is 2.82 bits per heavy atom. The molecule has 0 spiro atoms. The minimum Gasteiger partial charge on any atom is -0.469 e. The predicted molar refractivity (Wildman–Crippen MR) is 69.2 cm³/mol. The van der Waals surface area contributed by atoms with Gasteiger partial charge in [0.2, 0.25) is 0 Å². The van der Waals surface area contributed by atoms with Crippen LogP contribution in [0.5, 0.6) is 0 Å². The summed E-state index contributed by atoms with van der Waals surface area (Å²) in [6.45, 7) is 6.26. The summed E-state index contributed by atoms with van der Waals surface area (Å²) in [5.74, 6) is 1.00. The number of nitrogens with one attached hydrogen (secondary N) is 1. The third-order valence-electron chi connectivity index (χ3n) is 2.83. The first-order valence-electron chi connectivity index (χ1n) is 5.88. The van der Waals surface area contributed by atoms with Gasteiger partial charge in [0, 0.05) is 18.7 Å². The molecule has 0 fully saturated rings. The second kappa shape index (κ2) is 5.04. The van der Waals surface area contributed by atoms with Crippen LogP contribution in [0.1, 0.15) is 23.9 Å². The molecule has 3 heteroatoms. The molecular formula is C14H18N2O. The van der Waals surface area contributed by atoms with Gasteiger partial charge in [-0.2, -0.15) is 0 Å². The summed E-state index contributed by atoms with van der Waals surface area (Å²) in [7, 11) is 0. The fourth-order valence-electron chi connectivity index (χ4n) is 1.94. The van der Waals surface area contributed by atoms with Crippen molar-refractivity contribution in [1.29, 1.82) is 0 Å². The van der Waals surface area contributed by atoms with Gasteiger partial charge in [0.15, 0.2) is 0 Å². The molecule has 2 aromatic heterocycles. The number of hydrogen-bond acceptors (Lipinski definition) is 3. The van der Waals surface area contributed by atoms with E-state index in [0.717, 1.165) is 23.6 Å². The Morgan fingerprint density at radius 2 is 2.18 bits per heavy atom. The summed E-state index contributed by atoms with van der Waals surface area (Å²) in [4.78, 5) is 4.30. The molecule has 0 bridgehead atoms. The summed E-state index contributed by atoms with van der Waals surface area (Å²) in [5, 5.41) is 3.49. The van der Waals surface area contributed by atoms with Crippen LogP contribution in [0.3, 0.4) is 0 Å². The Balaban J connectivity index is 2.05. The van der Waals surface area contributed by atoms with Crippen LogP contribution in [0.25, 0.3) is 0 Å². The van der Waals surface area contributed by atoms with E-state index in [1.807, 2.05) is 31.3 Å². The molecule has 0 saturated carbocycles. The van der Waals surface area contributed by atoms with E-state index in [4.69, 9.17) is 4.42 Å². The third kappa shape index (κ3) is 2.87. The molecule has 0 amide bonds. The normalized spacial score (nSPS) is 12.4. The average molecular weight is 230 g/mol. The van der Waals surface area contributed by atoms with Crippen molar-refractivity contribution in [3.8, 4) is 0 Å². The lowest BCUT2D eigenvalue weighted by Crippen LogP contribution is -2.19. The van der Waals surface area contributed by atoms with Crippen molar-refractivity contribution in [2.75, 3.05) is 5.32 Å². The van der Waals surface area contributed by atoms with Gasteiger partial charge in [0.1, 0.15) is 5.76 Å². The van der Waals surface area contributed by atoms with E-state index in [1.54, 1.807) is 6.26 Å².